The third-order valence-electron chi connectivity index (χ3n) is 3.02. The van der Waals surface area contributed by atoms with Gasteiger partial charge in [0.2, 0.25) is 5.91 Å². The zero-order valence-electron chi connectivity index (χ0n) is 11.0. The smallest absolute Gasteiger partial charge is 0.303 e. The number of unbranched alkanes of at least 4 members (excludes halogenated alkanes) is 2. The maximum Gasteiger partial charge on any atom is 0.303 e. The molecule has 2 N–H and O–H groups in total. The summed E-state index contributed by atoms with van der Waals surface area (Å²) >= 11 is 0. The monoisotopic (exact) mass is 243 g/mol. The molecule has 0 saturated carbocycles. The number of carboxylic acid groups (broad SMARTS) is 1. The molecule has 0 radical (unpaired) electrons. The molecule has 0 spiro atoms. The van der Waals surface area contributed by atoms with Crippen LogP contribution in [-0.4, -0.2) is 23.5 Å². The van der Waals surface area contributed by atoms with Gasteiger partial charge in [-0.15, -0.1) is 0 Å². The van der Waals surface area contributed by atoms with E-state index in [2.05, 4.69) is 19.2 Å². The van der Waals surface area contributed by atoms with E-state index in [0.717, 1.165) is 25.7 Å². The number of nitrogens with one attached hydrogen (secondary N) is 1. The molecule has 17 heavy (non-hydrogen) atoms. The van der Waals surface area contributed by atoms with Crippen LogP contribution in [0.3, 0.4) is 0 Å². The number of carbonyl (C=O) groups excluding carboxylic acids is 1. The number of hydrogen-bond donors (Lipinski definition) is 2. The zero-order valence-corrected chi connectivity index (χ0v) is 11.0. The van der Waals surface area contributed by atoms with Gasteiger partial charge < -0.3 is 10.4 Å². The van der Waals surface area contributed by atoms with Crippen molar-refractivity contribution < 1.29 is 14.7 Å². The van der Waals surface area contributed by atoms with Gasteiger partial charge in [-0.2, -0.15) is 0 Å². The summed E-state index contributed by atoms with van der Waals surface area (Å²) in [6, 6.07) is 0. The van der Waals surface area contributed by atoms with Crippen molar-refractivity contribution in [2.24, 2.45) is 5.92 Å². The Morgan fingerprint density at radius 2 is 1.76 bits per heavy atom. The molecule has 0 atom stereocenters. The maximum atomic E-state index is 11.5. The Hall–Kier alpha value is -1.06. The minimum Gasteiger partial charge on any atom is -0.481 e. The lowest BCUT2D eigenvalue weighted by atomic mass is 9.99. The summed E-state index contributed by atoms with van der Waals surface area (Å²) in [5.74, 6) is -0.137. The Balaban J connectivity index is 3.42. The standard InChI is InChI=1S/C13H25NO3/c1-3-11(4-2)10-12(15)14-9-7-5-6-8-13(16)17/h11H,3-10H2,1-2H3,(H,14,15)(H,16,17). The molecule has 0 aliphatic carbocycles. The lowest BCUT2D eigenvalue weighted by Gasteiger charge is -2.11. The average Bonchev–Trinajstić information content (AvgIpc) is 2.30. The molecule has 0 aliphatic rings. The van der Waals surface area contributed by atoms with Crippen LogP contribution in [-0.2, 0) is 9.59 Å². The topological polar surface area (TPSA) is 66.4 Å². The molecule has 0 fully saturated rings. The summed E-state index contributed by atoms with van der Waals surface area (Å²) in [7, 11) is 0. The van der Waals surface area contributed by atoms with Gasteiger partial charge in [0.1, 0.15) is 0 Å². The largest absolute Gasteiger partial charge is 0.481 e. The van der Waals surface area contributed by atoms with Crippen molar-refractivity contribution in [3.05, 3.63) is 0 Å². The van der Waals surface area contributed by atoms with E-state index < -0.39 is 5.97 Å². The summed E-state index contributed by atoms with van der Waals surface area (Å²) in [5, 5.41) is 11.3. The molecular formula is C13H25NO3. The lowest BCUT2D eigenvalue weighted by Crippen LogP contribution is -2.26. The fourth-order valence-corrected chi connectivity index (χ4v) is 1.72. The first-order valence-electron chi connectivity index (χ1n) is 6.58. The maximum absolute atomic E-state index is 11.5. The average molecular weight is 243 g/mol. The molecule has 0 aromatic carbocycles. The summed E-state index contributed by atoms with van der Waals surface area (Å²) in [5.41, 5.74) is 0. The molecule has 0 unspecified atom stereocenters. The fourth-order valence-electron chi connectivity index (χ4n) is 1.72. The molecule has 0 rings (SSSR count). The van der Waals surface area contributed by atoms with Crippen LogP contribution in [0.4, 0.5) is 0 Å². The van der Waals surface area contributed by atoms with Gasteiger partial charge in [0.15, 0.2) is 0 Å². The van der Waals surface area contributed by atoms with Gasteiger partial charge in [-0.1, -0.05) is 33.1 Å². The highest BCUT2D eigenvalue weighted by Crippen LogP contribution is 2.11. The van der Waals surface area contributed by atoms with Crippen LogP contribution in [0.25, 0.3) is 0 Å². The van der Waals surface area contributed by atoms with Gasteiger partial charge in [-0.3, -0.25) is 9.59 Å². The number of amides is 1. The van der Waals surface area contributed by atoms with E-state index in [9.17, 15) is 9.59 Å². The number of rotatable bonds is 10. The Labute approximate surface area is 104 Å². The summed E-state index contributed by atoms with van der Waals surface area (Å²) in [6.45, 7) is 4.87. The first kappa shape index (κ1) is 15.9. The van der Waals surface area contributed by atoms with Crippen molar-refractivity contribution in [3.63, 3.8) is 0 Å². The second-order valence-electron chi connectivity index (χ2n) is 4.44. The Bertz CT molecular complexity index is 225. The highest BCUT2D eigenvalue weighted by Gasteiger charge is 2.09. The normalized spacial score (nSPS) is 10.5. The van der Waals surface area contributed by atoms with Gasteiger partial charge in [0.25, 0.3) is 0 Å². The van der Waals surface area contributed by atoms with Gasteiger partial charge in [-0.25, -0.2) is 0 Å². The lowest BCUT2D eigenvalue weighted by molar-refractivity contribution is -0.137. The summed E-state index contributed by atoms with van der Waals surface area (Å²) in [6.07, 6.45) is 5.34. The number of carboxylic acids is 1. The van der Waals surface area contributed by atoms with Crippen LogP contribution < -0.4 is 5.32 Å². The van der Waals surface area contributed by atoms with E-state index in [1.807, 2.05) is 0 Å². The molecule has 0 saturated heterocycles. The van der Waals surface area contributed by atoms with Gasteiger partial charge >= 0.3 is 5.97 Å². The Morgan fingerprint density at radius 1 is 1.12 bits per heavy atom. The minimum absolute atomic E-state index is 0.122. The zero-order chi connectivity index (χ0) is 13.1. The second-order valence-corrected chi connectivity index (χ2v) is 4.44. The van der Waals surface area contributed by atoms with Crippen molar-refractivity contribution >= 4 is 11.9 Å². The van der Waals surface area contributed by atoms with Crippen LogP contribution in [0.2, 0.25) is 0 Å². The van der Waals surface area contributed by atoms with Gasteiger partial charge in [0, 0.05) is 19.4 Å². The van der Waals surface area contributed by atoms with Crippen LogP contribution in [0, 0.1) is 5.92 Å². The van der Waals surface area contributed by atoms with E-state index in [1.54, 1.807) is 0 Å². The van der Waals surface area contributed by atoms with Crippen LogP contribution >= 0.6 is 0 Å². The first-order chi connectivity index (χ1) is 8.10. The molecule has 100 valence electrons. The van der Waals surface area contributed by atoms with E-state index in [1.165, 1.54) is 0 Å². The summed E-state index contributed by atoms with van der Waals surface area (Å²) in [4.78, 5) is 21.8. The van der Waals surface area contributed by atoms with E-state index in [0.29, 0.717) is 25.3 Å². The van der Waals surface area contributed by atoms with Gasteiger partial charge in [0.05, 0.1) is 0 Å². The van der Waals surface area contributed by atoms with Crippen molar-refractivity contribution in [3.8, 4) is 0 Å². The Kier molecular flexibility index (Phi) is 9.49. The summed E-state index contributed by atoms with van der Waals surface area (Å²) < 4.78 is 0. The van der Waals surface area contributed by atoms with Crippen LogP contribution in [0.1, 0.15) is 58.8 Å². The predicted molar refractivity (Wildman–Crippen MR) is 67.8 cm³/mol. The van der Waals surface area contributed by atoms with E-state index in [4.69, 9.17) is 5.11 Å². The third-order valence-corrected chi connectivity index (χ3v) is 3.02. The highest BCUT2D eigenvalue weighted by atomic mass is 16.4. The third kappa shape index (κ3) is 9.85. The van der Waals surface area contributed by atoms with Gasteiger partial charge in [-0.05, 0) is 18.8 Å². The minimum atomic E-state index is -0.747. The molecule has 0 aliphatic heterocycles. The molecular weight excluding hydrogens is 218 g/mol. The second kappa shape index (κ2) is 10.1. The Morgan fingerprint density at radius 3 is 2.29 bits per heavy atom. The first-order valence-corrected chi connectivity index (χ1v) is 6.58. The highest BCUT2D eigenvalue weighted by molar-refractivity contribution is 5.76. The number of aliphatic carboxylic acids is 1. The van der Waals surface area contributed by atoms with Crippen LogP contribution in [0.15, 0.2) is 0 Å². The molecule has 4 nitrogen and oxygen atoms in total. The van der Waals surface area contributed by atoms with Crippen LogP contribution in [0.5, 0.6) is 0 Å². The molecule has 0 heterocycles. The molecule has 0 aromatic heterocycles. The fraction of sp³-hybridized carbons (Fsp3) is 0.846. The van der Waals surface area contributed by atoms with E-state index >= 15 is 0 Å². The van der Waals surface area contributed by atoms with Crippen molar-refractivity contribution in [2.75, 3.05) is 6.54 Å². The number of hydrogen-bond acceptors (Lipinski definition) is 2. The molecule has 1 amide bonds. The van der Waals surface area contributed by atoms with E-state index in [-0.39, 0.29) is 12.3 Å². The SMILES string of the molecule is CCC(CC)CC(=O)NCCCCCC(=O)O. The number of carbonyl (C=O) groups is 2. The molecule has 4 heteroatoms. The molecule has 0 aromatic rings. The van der Waals surface area contributed by atoms with Crippen molar-refractivity contribution in [2.45, 2.75) is 58.8 Å². The van der Waals surface area contributed by atoms with Crippen molar-refractivity contribution in [1.29, 1.82) is 0 Å². The molecule has 0 bridgehead atoms. The quantitative estimate of drug-likeness (QED) is 0.579. The predicted octanol–water partition coefficient (Wildman–Crippen LogP) is 2.57. The van der Waals surface area contributed by atoms with Crippen molar-refractivity contribution in [1.82, 2.24) is 5.32 Å².